The lowest BCUT2D eigenvalue weighted by molar-refractivity contribution is -0.104. The molecule has 3 aliphatic rings. The largest absolute Gasteiger partial charge is 0.413 e. The second-order valence-electron chi connectivity index (χ2n) is 17.6. The summed E-state index contributed by atoms with van der Waals surface area (Å²) in [4.78, 5) is 11.1. The lowest BCUT2D eigenvalue weighted by Crippen LogP contribution is -2.49. The minimum Gasteiger partial charge on any atom is -0.413 e. The highest BCUT2D eigenvalue weighted by molar-refractivity contribution is 6.74. The van der Waals surface area contributed by atoms with Crippen LogP contribution in [-0.2, 0) is 13.6 Å². The Morgan fingerprint density at radius 3 is 2.07 bits per heavy atom. The maximum atomic E-state index is 11.1. The maximum absolute atomic E-state index is 11.1. The zero-order valence-electron chi connectivity index (χ0n) is 29.6. The summed E-state index contributed by atoms with van der Waals surface area (Å²) in [7, 11) is -3.91. The average molecular weight is 613 g/mol. The van der Waals surface area contributed by atoms with E-state index in [0.717, 1.165) is 24.7 Å². The third-order valence-electron chi connectivity index (χ3n) is 12.2. The predicted molar refractivity (Wildman–Crippen MR) is 186 cm³/mol. The molecule has 3 rings (SSSR count). The smallest absolute Gasteiger partial charge is 0.192 e. The van der Waals surface area contributed by atoms with E-state index in [1.165, 1.54) is 37.7 Å². The lowest BCUT2D eigenvalue weighted by Gasteiger charge is -2.47. The van der Waals surface area contributed by atoms with Crippen molar-refractivity contribution >= 4 is 22.9 Å². The van der Waals surface area contributed by atoms with E-state index in [2.05, 4.69) is 113 Å². The molecule has 0 unspecified atom stereocenters. The Balaban J connectivity index is 1.95. The van der Waals surface area contributed by atoms with Gasteiger partial charge in [0, 0.05) is 6.42 Å². The average Bonchev–Trinajstić information content (AvgIpc) is 3.20. The molecule has 0 aliphatic heterocycles. The summed E-state index contributed by atoms with van der Waals surface area (Å²) in [5.41, 5.74) is 4.37. The lowest BCUT2D eigenvalue weighted by atomic mass is 9.57. The first-order chi connectivity index (χ1) is 19.1. The number of allylic oxidation sites excluding steroid dienone is 5. The van der Waals surface area contributed by atoms with Gasteiger partial charge in [0.1, 0.15) is 6.29 Å². The van der Waals surface area contributed by atoms with E-state index in [0.29, 0.717) is 11.8 Å². The van der Waals surface area contributed by atoms with E-state index in [4.69, 9.17) is 8.85 Å². The first-order valence-electron chi connectivity index (χ1n) is 16.6. The van der Waals surface area contributed by atoms with Crippen molar-refractivity contribution < 1.29 is 13.6 Å². The summed E-state index contributed by atoms with van der Waals surface area (Å²) in [6.07, 6.45) is 17.8. The fraction of sp³-hybridized carbons (Fsp3) is 0.757. The summed E-state index contributed by atoms with van der Waals surface area (Å²) in [5, 5.41) is 0.315. The monoisotopic (exact) mass is 612 g/mol. The molecule has 3 aliphatic carbocycles. The standard InChI is InChI=1S/C37H64O3Si2/c1-27-29(19-18-28-17-15-23-37(10)31(28)20-21-33(37)36(8,9)22-16-24-38)25-30(39-41(11,12)34(2,3)4)26-32(27)40-42(13,14)35(5,6)7/h16,18-19,22,24,30-33H,1,15,17,20-21,23,25-26H2,2-14H3/b22-16+,28-18+,29-19-/t30-,31+,32+,33-,37+/m1/s1. The van der Waals surface area contributed by atoms with Gasteiger partial charge in [0.15, 0.2) is 16.6 Å². The second kappa shape index (κ2) is 12.4. The molecular weight excluding hydrogens is 549 g/mol. The van der Waals surface area contributed by atoms with Crippen LogP contribution < -0.4 is 0 Å². The molecule has 0 spiro atoms. The molecule has 0 saturated heterocycles. The first kappa shape index (κ1) is 35.5. The van der Waals surface area contributed by atoms with Crippen molar-refractivity contribution in [2.75, 3.05) is 0 Å². The minimum atomic E-state index is -1.98. The number of hydrogen-bond acceptors (Lipinski definition) is 3. The van der Waals surface area contributed by atoms with Crippen molar-refractivity contribution in [3.05, 3.63) is 47.6 Å². The third kappa shape index (κ3) is 7.43. The van der Waals surface area contributed by atoms with Gasteiger partial charge >= 0.3 is 0 Å². The fourth-order valence-electron chi connectivity index (χ4n) is 7.63. The maximum Gasteiger partial charge on any atom is 0.192 e. The summed E-state index contributed by atoms with van der Waals surface area (Å²) >= 11 is 0. The molecule has 3 saturated carbocycles. The topological polar surface area (TPSA) is 35.5 Å². The van der Waals surface area contributed by atoms with Crippen LogP contribution in [0.2, 0.25) is 36.3 Å². The van der Waals surface area contributed by atoms with Crippen molar-refractivity contribution in [3.63, 3.8) is 0 Å². The molecular formula is C37H64O3Si2. The van der Waals surface area contributed by atoms with Gasteiger partial charge < -0.3 is 8.85 Å². The molecule has 5 heteroatoms. The van der Waals surface area contributed by atoms with Crippen LogP contribution in [0.3, 0.4) is 0 Å². The molecule has 0 amide bonds. The molecule has 0 bridgehead atoms. The number of rotatable bonds is 8. The summed E-state index contributed by atoms with van der Waals surface area (Å²) < 4.78 is 14.1. The summed E-state index contributed by atoms with van der Waals surface area (Å²) in [6, 6.07) is 0. The van der Waals surface area contributed by atoms with E-state index in [1.807, 2.05) is 0 Å². The Morgan fingerprint density at radius 2 is 1.50 bits per heavy atom. The highest BCUT2D eigenvalue weighted by Gasteiger charge is 2.53. The van der Waals surface area contributed by atoms with Crippen LogP contribution in [0.15, 0.2) is 47.6 Å². The van der Waals surface area contributed by atoms with E-state index in [-0.39, 0.29) is 33.1 Å². The molecule has 3 fully saturated rings. The Morgan fingerprint density at radius 1 is 0.905 bits per heavy atom. The van der Waals surface area contributed by atoms with E-state index in [9.17, 15) is 4.79 Å². The second-order valence-corrected chi connectivity index (χ2v) is 27.1. The number of carbonyl (C=O) groups excluding carboxylic acids is 1. The van der Waals surface area contributed by atoms with Gasteiger partial charge in [0.25, 0.3) is 0 Å². The van der Waals surface area contributed by atoms with Crippen molar-refractivity contribution in [1.82, 2.24) is 0 Å². The number of fused-ring (bicyclic) bond motifs is 1. The van der Waals surface area contributed by atoms with Crippen LogP contribution >= 0.6 is 0 Å². The van der Waals surface area contributed by atoms with Crippen LogP contribution in [0.4, 0.5) is 0 Å². The molecule has 238 valence electrons. The minimum absolute atomic E-state index is 0.0111. The molecule has 0 heterocycles. The zero-order valence-corrected chi connectivity index (χ0v) is 31.6. The normalized spacial score (nSPS) is 32.2. The van der Waals surface area contributed by atoms with E-state index < -0.39 is 16.6 Å². The van der Waals surface area contributed by atoms with Gasteiger partial charge in [0.05, 0.1) is 12.2 Å². The van der Waals surface area contributed by atoms with Crippen molar-refractivity contribution in [2.24, 2.45) is 22.7 Å². The SMILES string of the molecule is C=C1/C(=C\C=C2/CCC[C@]3(C)[C@@H](C(C)(C)/C=C/C=O)CC[C@@H]23)C[C@@H](O[Si](C)(C)C(C)(C)C)C[C@@H]1O[Si](C)(C)C(C)(C)C. The molecule has 42 heavy (non-hydrogen) atoms. The molecule has 0 aromatic carbocycles. The number of aldehydes is 1. The Bertz CT molecular complexity index is 1100. The van der Waals surface area contributed by atoms with Gasteiger partial charge in [-0.15, -0.1) is 0 Å². The van der Waals surface area contributed by atoms with Gasteiger partial charge in [-0.1, -0.05) is 92.7 Å². The Hall–Kier alpha value is -1.02. The van der Waals surface area contributed by atoms with Gasteiger partial charge in [-0.05, 0) is 115 Å². The predicted octanol–water partition coefficient (Wildman–Crippen LogP) is 11.0. The Kier molecular flexibility index (Phi) is 10.5. The zero-order chi connectivity index (χ0) is 31.9. The van der Waals surface area contributed by atoms with Gasteiger partial charge in [-0.2, -0.15) is 0 Å². The van der Waals surface area contributed by atoms with Gasteiger partial charge in [0.2, 0.25) is 0 Å². The first-order valence-corrected chi connectivity index (χ1v) is 22.4. The van der Waals surface area contributed by atoms with E-state index >= 15 is 0 Å². The highest BCUT2D eigenvalue weighted by atomic mass is 28.4. The van der Waals surface area contributed by atoms with Crippen LogP contribution in [0, 0.1) is 22.7 Å². The van der Waals surface area contributed by atoms with Gasteiger partial charge in [-0.3, -0.25) is 4.79 Å². The van der Waals surface area contributed by atoms with E-state index in [1.54, 1.807) is 11.6 Å². The van der Waals surface area contributed by atoms with Crippen molar-refractivity contribution in [2.45, 2.75) is 156 Å². The molecule has 3 nitrogen and oxygen atoms in total. The van der Waals surface area contributed by atoms with Gasteiger partial charge in [-0.25, -0.2) is 0 Å². The Labute approximate surface area is 261 Å². The summed E-state index contributed by atoms with van der Waals surface area (Å²) in [6.45, 7) is 35.2. The highest BCUT2D eigenvalue weighted by Crippen LogP contribution is 2.62. The molecule has 0 aromatic heterocycles. The number of carbonyl (C=O) groups is 1. The van der Waals surface area contributed by atoms with Crippen LogP contribution in [0.1, 0.15) is 107 Å². The van der Waals surface area contributed by atoms with Crippen molar-refractivity contribution in [3.8, 4) is 0 Å². The van der Waals surface area contributed by atoms with Crippen LogP contribution in [0.5, 0.6) is 0 Å². The molecule has 5 atom stereocenters. The third-order valence-corrected chi connectivity index (χ3v) is 21.2. The quantitative estimate of drug-likeness (QED) is 0.155. The molecule has 0 radical (unpaired) electrons. The number of hydrogen-bond donors (Lipinski definition) is 0. The van der Waals surface area contributed by atoms with Crippen LogP contribution in [0.25, 0.3) is 0 Å². The van der Waals surface area contributed by atoms with Crippen molar-refractivity contribution in [1.29, 1.82) is 0 Å². The molecule has 0 aromatic rings. The molecule has 0 N–H and O–H groups in total. The summed E-state index contributed by atoms with van der Waals surface area (Å²) in [5.74, 6) is 1.18. The van der Waals surface area contributed by atoms with Crippen LogP contribution in [-0.4, -0.2) is 35.1 Å². The fourth-order valence-corrected chi connectivity index (χ4v) is 10.3.